The fourth-order valence-corrected chi connectivity index (χ4v) is 1.24. The Morgan fingerprint density at radius 1 is 1.14 bits per heavy atom. The summed E-state index contributed by atoms with van der Waals surface area (Å²) in [5.41, 5.74) is 0.267. The van der Waals surface area contributed by atoms with Crippen LogP contribution in [0, 0.1) is 6.92 Å². The van der Waals surface area contributed by atoms with E-state index in [1.807, 2.05) is 0 Å². The summed E-state index contributed by atoms with van der Waals surface area (Å²) in [6.07, 6.45) is -4.75. The standard InChI is InChI=1S/C8H4Cl2F3O/c1-4-6(9)2-5(3-7(4)10)14-8(11,12)13/h2-3H,1H2. The first-order valence-electron chi connectivity index (χ1n) is 3.36. The lowest BCUT2D eigenvalue weighted by molar-refractivity contribution is -0.274. The Labute approximate surface area is 88.4 Å². The number of hydrogen-bond donors (Lipinski definition) is 0. The molecule has 6 heteroatoms. The van der Waals surface area contributed by atoms with Crippen molar-refractivity contribution in [2.24, 2.45) is 0 Å². The molecule has 0 unspecified atom stereocenters. The Bertz CT molecular complexity index is 326. The predicted octanol–water partition coefficient (Wildman–Crippen LogP) is 4.07. The molecule has 0 aromatic heterocycles. The van der Waals surface area contributed by atoms with Crippen LogP contribution in [0.2, 0.25) is 10.0 Å². The average molecular weight is 244 g/mol. The average Bonchev–Trinajstić information content (AvgIpc) is 1.96. The molecule has 0 N–H and O–H groups in total. The summed E-state index contributed by atoms with van der Waals surface area (Å²) in [5, 5.41) is 0.0495. The zero-order valence-corrected chi connectivity index (χ0v) is 8.17. The van der Waals surface area contributed by atoms with Gasteiger partial charge in [-0.3, -0.25) is 0 Å². The summed E-state index contributed by atoms with van der Waals surface area (Å²) < 4.78 is 39.0. The van der Waals surface area contributed by atoms with Crippen molar-refractivity contribution in [1.82, 2.24) is 0 Å². The van der Waals surface area contributed by atoms with Crippen molar-refractivity contribution < 1.29 is 17.9 Å². The molecule has 0 aliphatic rings. The number of halogens is 5. The van der Waals surface area contributed by atoms with Crippen LogP contribution in [-0.2, 0) is 0 Å². The zero-order chi connectivity index (χ0) is 10.9. The highest BCUT2D eigenvalue weighted by Gasteiger charge is 2.31. The molecule has 1 radical (unpaired) electrons. The molecule has 0 atom stereocenters. The van der Waals surface area contributed by atoms with Crippen LogP contribution >= 0.6 is 23.2 Å². The molecule has 0 aliphatic heterocycles. The highest BCUT2D eigenvalue weighted by atomic mass is 35.5. The zero-order valence-electron chi connectivity index (χ0n) is 6.66. The molecule has 0 aliphatic carbocycles. The Hall–Kier alpha value is -0.610. The van der Waals surface area contributed by atoms with Gasteiger partial charge in [-0.1, -0.05) is 23.2 Å². The summed E-state index contributed by atoms with van der Waals surface area (Å²) in [5.74, 6) is -0.458. The van der Waals surface area contributed by atoms with Crippen molar-refractivity contribution >= 4 is 23.2 Å². The molecule has 77 valence electrons. The summed E-state index contributed by atoms with van der Waals surface area (Å²) in [6, 6.07) is 2.01. The van der Waals surface area contributed by atoms with Gasteiger partial charge in [0.15, 0.2) is 0 Å². The van der Waals surface area contributed by atoms with E-state index in [9.17, 15) is 13.2 Å². The summed E-state index contributed by atoms with van der Waals surface area (Å²) in [6.45, 7) is 3.46. The monoisotopic (exact) mass is 243 g/mol. The van der Waals surface area contributed by atoms with Crippen LogP contribution < -0.4 is 4.74 Å². The normalized spacial score (nSPS) is 11.6. The van der Waals surface area contributed by atoms with E-state index in [2.05, 4.69) is 11.7 Å². The molecule has 1 aromatic carbocycles. The van der Waals surface area contributed by atoms with Crippen LogP contribution in [0.5, 0.6) is 5.75 Å². The van der Waals surface area contributed by atoms with Gasteiger partial charge in [0, 0.05) is 10.0 Å². The van der Waals surface area contributed by atoms with Crippen molar-refractivity contribution in [2.75, 3.05) is 0 Å². The molecule has 14 heavy (non-hydrogen) atoms. The number of hydrogen-bond acceptors (Lipinski definition) is 1. The van der Waals surface area contributed by atoms with Gasteiger partial charge in [-0.2, -0.15) is 0 Å². The van der Waals surface area contributed by atoms with Crippen molar-refractivity contribution in [2.45, 2.75) is 6.36 Å². The summed E-state index contributed by atoms with van der Waals surface area (Å²) in [7, 11) is 0. The van der Waals surface area contributed by atoms with E-state index >= 15 is 0 Å². The number of alkyl halides is 3. The van der Waals surface area contributed by atoms with Gasteiger partial charge in [0.25, 0.3) is 0 Å². The van der Waals surface area contributed by atoms with Gasteiger partial charge in [-0.25, -0.2) is 0 Å². The molecule has 0 heterocycles. The van der Waals surface area contributed by atoms with Crippen LogP contribution in [0.3, 0.4) is 0 Å². The molecule has 0 saturated carbocycles. The number of benzene rings is 1. The molecule has 0 amide bonds. The topological polar surface area (TPSA) is 9.23 Å². The maximum absolute atomic E-state index is 11.8. The smallest absolute Gasteiger partial charge is 0.406 e. The molecule has 1 aromatic rings. The van der Waals surface area contributed by atoms with E-state index in [1.54, 1.807) is 0 Å². The second-order valence-corrected chi connectivity index (χ2v) is 3.23. The molecule has 0 bridgehead atoms. The summed E-state index contributed by atoms with van der Waals surface area (Å²) >= 11 is 11.1. The maximum atomic E-state index is 11.8. The van der Waals surface area contributed by atoms with Crippen LogP contribution in [-0.4, -0.2) is 6.36 Å². The molecule has 1 nitrogen and oxygen atoms in total. The van der Waals surface area contributed by atoms with E-state index in [-0.39, 0.29) is 15.6 Å². The highest BCUT2D eigenvalue weighted by molar-refractivity contribution is 6.36. The Morgan fingerprint density at radius 2 is 1.57 bits per heavy atom. The number of rotatable bonds is 1. The van der Waals surface area contributed by atoms with E-state index in [0.717, 1.165) is 12.1 Å². The lowest BCUT2D eigenvalue weighted by Crippen LogP contribution is -2.17. The first-order valence-corrected chi connectivity index (χ1v) is 4.12. The first kappa shape index (κ1) is 11.5. The molecular weight excluding hydrogens is 240 g/mol. The van der Waals surface area contributed by atoms with Crippen molar-refractivity contribution in [1.29, 1.82) is 0 Å². The summed E-state index contributed by atoms with van der Waals surface area (Å²) in [4.78, 5) is 0. The van der Waals surface area contributed by atoms with Gasteiger partial charge < -0.3 is 4.74 Å². The second-order valence-electron chi connectivity index (χ2n) is 2.41. The van der Waals surface area contributed by atoms with Gasteiger partial charge >= 0.3 is 6.36 Å². The Morgan fingerprint density at radius 3 is 1.93 bits per heavy atom. The minimum atomic E-state index is -4.75. The van der Waals surface area contributed by atoms with Crippen LogP contribution in [0.4, 0.5) is 13.2 Å². The van der Waals surface area contributed by atoms with Crippen molar-refractivity contribution in [3.63, 3.8) is 0 Å². The maximum Gasteiger partial charge on any atom is 0.573 e. The lowest BCUT2D eigenvalue weighted by atomic mass is 10.2. The van der Waals surface area contributed by atoms with Gasteiger partial charge in [-0.05, 0) is 24.6 Å². The van der Waals surface area contributed by atoms with Crippen molar-refractivity contribution in [3.05, 3.63) is 34.7 Å². The largest absolute Gasteiger partial charge is 0.573 e. The van der Waals surface area contributed by atoms with Gasteiger partial charge in [-0.15, -0.1) is 13.2 Å². The van der Waals surface area contributed by atoms with Gasteiger partial charge in [0.1, 0.15) is 5.75 Å². The third kappa shape index (κ3) is 2.96. The van der Waals surface area contributed by atoms with E-state index in [4.69, 9.17) is 23.2 Å². The quantitative estimate of drug-likeness (QED) is 0.723. The van der Waals surface area contributed by atoms with Crippen LogP contribution in [0.1, 0.15) is 5.56 Å². The fourth-order valence-electron chi connectivity index (χ4n) is 0.772. The molecule has 1 rings (SSSR count). The molecule has 0 spiro atoms. The SMILES string of the molecule is [CH2]c1c(Cl)cc(OC(F)(F)F)cc1Cl. The number of ether oxygens (including phenoxy) is 1. The van der Waals surface area contributed by atoms with Crippen LogP contribution in [0.25, 0.3) is 0 Å². The predicted molar refractivity (Wildman–Crippen MR) is 47.6 cm³/mol. The Kier molecular flexibility index (Phi) is 3.17. The van der Waals surface area contributed by atoms with Gasteiger partial charge in [0.05, 0.1) is 0 Å². The van der Waals surface area contributed by atoms with E-state index < -0.39 is 12.1 Å². The van der Waals surface area contributed by atoms with Crippen molar-refractivity contribution in [3.8, 4) is 5.75 Å². The minimum absolute atomic E-state index is 0.0248. The molecule has 0 fully saturated rings. The molecule has 0 saturated heterocycles. The third-order valence-electron chi connectivity index (χ3n) is 1.35. The van der Waals surface area contributed by atoms with E-state index in [0.29, 0.717) is 0 Å². The second kappa shape index (κ2) is 3.87. The highest BCUT2D eigenvalue weighted by Crippen LogP contribution is 2.32. The third-order valence-corrected chi connectivity index (χ3v) is 2.02. The fraction of sp³-hybridized carbons (Fsp3) is 0.125. The Balaban J connectivity index is 3.02. The minimum Gasteiger partial charge on any atom is -0.406 e. The molecular formula is C8H4Cl2F3O. The lowest BCUT2D eigenvalue weighted by Gasteiger charge is -2.10. The van der Waals surface area contributed by atoms with Crippen LogP contribution in [0.15, 0.2) is 12.1 Å². The first-order chi connectivity index (χ1) is 6.29. The van der Waals surface area contributed by atoms with E-state index in [1.165, 1.54) is 0 Å². The van der Waals surface area contributed by atoms with Gasteiger partial charge in [0.2, 0.25) is 0 Å².